The fraction of sp³-hybridized carbons (Fsp3) is 0.455. The molecule has 1 aliphatic heterocycles. The number of nitrogens with zero attached hydrogens (tertiary/aromatic N) is 5. The molecule has 3 amide bonds. The molecule has 1 saturated heterocycles. The highest BCUT2D eigenvalue weighted by Gasteiger charge is 2.29. The van der Waals surface area contributed by atoms with Crippen molar-refractivity contribution in [3.05, 3.63) is 54.4 Å². The highest BCUT2D eigenvalue weighted by Crippen LogP contribution is 2.21. The predicted octanol–water partition coefficient (Wildman–Crippen LogP) is 1.28. The summed E-state index contributed by atoms with van der Waals surface area (Å²) in [5.41, 5.74) is 1.18. The number of hydrogen-bond acceptors (Lipinski definition) is 6. The average molecular weight is 425 g/mol. The van der Waals surface area contributed by atoms with E-state index in [0.717, 1.165) is 12.0 Å². The van der Waals surface area contributed by atoms with Crippen LogP contribution in [0.4, 0.5) is 0 Å². The van der Waals surface area contributed by atoms with Gasteiger partial charge in [0.2, 0.25) is 11.8 Å². The van der Waals surface area contributed by atoms with Crippen LogP contribution < -0.4 is 5.32 Å². The van der Waals surface area contributed by atoms with Gasteiger partial charge in [0.1, 0.15) is 5.69 Å². The van der Waals surface area contributed by atoms with E-state index in [-0.39, 0.29) is 41.8 Å². The Morgan fingerprint density at radius 1 is 1.19 bits per heavy atom. The molecular weight excluding hydrogens is 396 g/mol. The number of hydrogen-bond donors (Lipinski definition) is 1. The largest absolute Gasteiger partial charge is 0.346 e. The highest BCUT2D eigenvalue weighted by atomic mass is 16.2. The highest BCUT2D eigenvalue weighted by molar-refractivity contribution is 5.92. The quantitative estimate of drug-likeness (QED) is 0.775. The zero-order valence-electron chi connectivity index (χ0n) is 17.9. The van der Waals surface area contributed by atoms with E-state index >= 15 is 0 Å². The van der Waals surface area contributed by atoms with Crippen molar-refractivity contribution >= 4 is 17.7 Å². The van der Waals surface area contributed by atoms with E-state index < -0.39 is 0 Å². The normalized spacial score (nSPS) is 19.7. The molecule has 2 aromatic heterocycles. The fourth-order valence-electron chi connectivity index (χ4n) is 3.76. The Hall–Kier alpha value is -3.36. The summed E-state index contributed by atoms with van der Waals surface area (Å²) in [5.74, 6) is -0.852. The topological polar surface area (TPSA) is 108 Å². The van der Waals surface area contributed by atoms with Crippen molar-refractivity contribution in [2.24, 2.45) is 5.92 Å². The van der Waals surface area contributed by atoms with Crippen LogP contribution in [0.5, 0.6) is 0 Å². The van der Waals surface area contributed by atoms with E-state index in [1.807, 2.05) is 12.1 Å². The maximum absolute atomic E-state index is 13.0. The van der Waals surface area contributed by atoms with Gasteiger partial charge in [0.25, 0.3) is 5.91 Å². The van der Waals surface area contributed by atoms with Crippen LogP contribution in [0.2, 0.25) is 0 Å². The maximum Gasteiger partial charge on any atom is 0.271 e. The molecule has 0 bridgehead atoms. The summed E-state index contributed by atoms with van der Waals surface area (Å²) in [6, 6.07) is 3.54. The monoisotopic (exact) mass is 424 g/mol. The molecule has 0 spiro atoms. The Balaban J connectivity index is 1.62. The van der Waals surface area contributed by atoms with Crippen LogP contribution >= 0.6 is 0 Å². The van der Waals surface area contributed by atoms with Crippen LogP contribution in [0.1, 0.15) is 41.7 Å². The van der Waals surface area contributed by atoms with E-state index in [4.69, 9.17) is 0 Å². The summed E-state index contributed by atoms with van der Waals surface area (Å²) in [6.45, 7) is 0.835. The number of aromatic nitrogens is 3. The summed E-state index contributed by atoms with van der Waals surface area (Å²) >= 11 is 0. The minimum Gasteiger partial charge on any atom is -0.346 e. The average Bonchev–Trinajstić information content (AvgIpc) is 2.84. The number of amides is 3. The van der Waals surface area contributed by atoms with Gasteiger partial charge in [-0.3, -0.25) is 24.4 Å². The molecule has 1 N–H and O–H groups in total. The molecule has 3 heterocycles. The third-order valence-electron chi connectivity index (χ3n) is 5.45. The first-order valence-electron chi connectivity index (χ1n) is 10.4. The lowest BCUT2D eigenvalue weighted by atomic mass is 9.95. The summed E-state index contributed by atoms with van der Waals surface area (Å²) in [6.07, 6.45) is 9.95. The smallest absolute Gasteiger partial charge is 0.271 e. The summed E-state index contributed by atoms with van der Waals surface area (Å²) in [5, 5.41) is 2.94. The van der Waals surface area contributed by atoms with Gasteiger partial charge in [0.05, 0.1) is 6.20 Å². The second kappa shape index (κ2) is 10.6. The van der Waals surface area contributed by atoms with Crippen LogP contribution in [0.25, 0.3) is 0 Å². The van der Waals surface area contributed by atoms with Crippen molar-refractivity contribution in [2.75, 3.05) is 20.6 Å². The third kappa shape index (κ3) is 6.31. The summed E-state index contributed by atoms with van der Waals surface area (Å²) in [4.78, 5) is 53.5. The van der Waals surface area contributed by atoms with Crippen molar-refractivity contribution in [3.8, 4) is 0 Å². The van der Waals surface area contributed by atoms with E-state index in [0.29, 0.717) is 25.9 Å². The number of carbonyl (C=O) groups is 3. The molecule has 9 heteroatoms. The molecule has 0 aliphatic carbocycles. The van der Waals surface area contributed by atoms with Gasteiger partial charge in [-0.2, -0.15) is 0 Å². The number of nitrogens with one attached hydrogen (secondary N) is 1. The van der Waals surface area contributed by atoms with Crippen LogP contribution in [-0.4, -0.2) is 69.2 Å². The molecule has 1 aliphatic rings. The number of likely N-dealkylation sites (N-methyl/N-ethyl adjacent to an activating group) is 1. The standard InChI is InChI=1S/C22H28N6O3/c1-27-15-18(26-21(30)19-13-24-9-10-25-19)7-3-6-17(11-20(27)29)22(31)28(2)14-16-5-4-8-23-12-16/h4-5,8-10,12-13,17-18H,3,6-7,11,14-15H2,1-2H3,(H,26,30)/t17-,18-/m1/s1. The number of carbonyl (C=O) groups excluding carboxylic acids is 3. The second-order valence-electron chi connectivity index (χ2n) is 7.92. The van der Waals surface area contributed by atoms with E-state index in [1.54, 1.807) is 36.3 Å². The van der Waals surface area contributed by atoms with Gasteiger partial charge in [0, 0.05) is 70.4 Å². The van der Waals surface area contributed by atoms with Gasteiger partial charge >= 0.3 is 0 Å². The molecule has 31 heavy (non-hydrogen) atoms. The number of rotatable bonds is 5. The minimum atomic E-state index is -0.383. The van der Waals surface area contributed by atoms with E-state index in [9.17, 15) is 14.4 Å². The molecule has 2 aromatic rings. The van der Waals surface area contributed by atoms with Crippen LogP contribution in [0.15, 0.2) is 43.1 Å². The van der Waals surface area contributed by atoms with Gasteiger partial charge in [-0.1, -0.05) is 12.5 Å². The first kappa shape index (κ1) is 22.3. The molecule has 9 nitrogen and oxygen atoms in total. The Bertz CT molecular complexity index is 893. The van der Waals surface area contributed by atoms with Crippen LogP contribution in [0, 0.1) is 5.92 Å². The maximum atomic E-state index is 13.0. The molecule has 164 valence electrons. The van der Waals surface area contributed by atoms with Gasteiger partial charge in [-0.05, 0) is 24.5 Å². The molecule has 0 saturated carbocycles. The first-order chi connectivity index (χ1) is 14.9. The van der Waals surface area contributed by atoms with Crippen molar-refractivity contribution in [1.29, 1.82) is 0 Å². The van der Waals surface area contributed by atoms with Crippen molar-refractivity contribution < 1.29 is 14.4 Å². The SMILES string of the molecule is CN1C[C@H](NC(=O)c2cnccn2)CCC[C@@H](C(=O)N(C)Cc2cccnc2)CC1=O. The Morgan fingerprint density at radius 2 is 2.00 bits per heavy atom. The lowest BCUT2D eigenvalue weighted by Gasteiger charge is -2.25. The second-order valence-corrected chi connectivity index (χ2v) is 7.92. The fourth-order valence-corrected chi connectivity index (χ4v) is 3.76. The predicted molar refractivity (Wildman–Crippen MR) is 114 cm³/mol. The molecular formula is C22H28N6O3. The van der Waals surface area contributed by atoms with Crippen molar-refractivity contribution in [2.45, 2.75) is 38.3 Å². The van der Waals surface area contributed by atoms with Gasteiger partial charge < -0.3 is 15.1 Å². The molecule has 0 radical (unpaired) electrons. The van der Waals surface area contributed by atoms with Crippen molar-refractivity contribution in [3.63, 3.8) is 0 Å². The van der Waals surface area contributed by atoms with Crippen LogP contribution in [-0.2, 0) is 16.1 Å². The zero-order valence-corrected chi connectivity index (χ0v) is 17.9. The molecule has 2 atom stereocenters. The lowest BCUT2D eigenvalue weighted by molar-refractivity contribution is -0.140. The summed E-state index contributed by atoms with van der Waals surface area (Å²) in [7, 11) is 3.45. The Labute approximate surface area is 181 Å². The van der Waals surface area contributed by atoms with Gasteiger partial charge in [0.15, 0.2) is 0 Å². The molecule has 0 unspecified atom stereocenters. The first-order valence-corrected chi connectivity index (χ1v) is 10.4. The van der Waals surface area contributed by atoms with Crippen LogP contribution in [0.3, 0.4) is 0 Å². The molecule has 1 fully saturated rings. The third-order valence-corrected chi connectivity index (χ3v) is 5.45. The van der Waals surface area contributed by atoms with E-state index in [1.165, 1.54) is 18.6 Å². The summed E-state index contributed by atoms with van der Waals surface area (Å²) < 4.78 is 0. The Kier molecular flexibility index (Phi) is 7.64. The van der Waals surface area contributed by atoms with Crippen molar-refractivity contribution in [1.82, 2.24) is 30.1 Å². The lowest BCUT2D eigenvalue weighted by Crippen LogP contribution is -2.44. The van der Waals surface area contributed by atoms with Gasteiger partial charge in [-0.15, -0.1) is 0 Å². The van der Waals surface area contributed by atoms with E-state index in [2.05, 4.69) is 20.3 Å². The number of pyridine rings is 1. The zero-order chi connectivity index (χ0) is 22.2. The van der Waals surface area contributed by atoms with Gasteiger partial charge in [-0.25, -0.2) is 4.98 Å². The molecule has 3 rings (SSSR count). The Morgan fingerprint density at radius 3 is 2.71 bits per heavy atom. The minimum absolute atomic E-state index is 0.0485. The molecule has 0 aromatic carbocycles.